The summed E-state index contributed by atoms with van der Waals surface area (Å²) < 4.78 is 1.95. The SMILES string of the molecule is CC(C)(CN)c1cn(CC2CC2)nn1. The van der Waals surface area contributed by atoms with Crippen molar-refractivity contribution >= 4 is 0 Å². The first-order valence-corrected chi connectivity index (χ1v) is 5.22. The Morgan fingerprint density at radius 1 is 1.57 bits per heavy atom. The predicted octanol–water partition coefficient (Wildman–Crippen LogP) is 0.924. The van der Waals surface area contributed by atoms with Gasteiger partial charge in [0.15, 0.2) is 0 Å². The molecule has 1 saturated carbocycles. The summed E-state index contributed by atoms with van der Waals surface area (Å²) in [7, 11) is 0. The molecule has 1 fully saturated rings. The van der Waals surface area contributed by atoms with Gasteiger partial charge in [-0.25, -0.2) is 0 Å². The van der Waals surface area contributed by atoms with Gasteiger partial charge in [-0.1, -0.05) is 19.1 Å². The lowest BCUT2D eigenvalue weighted by atomic mass is 9.90. The fourth-order valence-corrected chi connectivity index (χ4v) is 1.37. The standard InChI is InChI=1S/C10H18N4/c1-10(2,7-11)9-6-14(13-12-9)5-8-3-4-8/h6,8H,3-5,7,11H2,1-2H3. The van der Waals surface area contributed by atoms with Gasteiger partial charge in [-0.15, -0.1) is 5.10 Å². The summed E-state index contributed by atoms with van der Waals surface area (Å²) >= 11 is 0. The molecule has 78 valence electrons. The van der Waals surface area contributed by atoms with Gasteiger partial charge in [0.1, 0.15) is 0 Å². The van der Waals surface area contributed by atoms with Gasteiger partial charge in [-0.2, -0.15) is 0 Å². The van der Waals surface area contributed by atoms with Crippen LogP contribution in [0.5, 0.6) is 0 Å². The summed E-state index contributed by atoms with van der Waals surface area (Å²) in [6.07, 6.45) is 4.72. The lowest BCUT2D eigenvalue weighted by Crippen LogP contribution is -2.28. The molecule has 0 bridgehead atoms. The van der Waals surface area contributed by atoms with Crippen LogP contribution in [0.1, 0.15) is 32.4 Å². The minimum Gasteiger partial charge on any atom is -0.330 e. The summed E-state index contributed by atoms with van der Waals surface area (Å²) in [5.41, 5.74) is 6.63. The monoisotopic (exact) mass is 194 g/mol. The topological polar surface area (TPSA) is 56.7 Å². The predicted molar refractivity (Wildman–Crippen MR) is 54.8 cm³/mol. The molecular formula is C10H18N4. The second kappa shape index (κ2) is 3.35. The Hall–Kier alpha value is -0.900. The molecule has 4 nitrogen and oxygen atoms in total. The van der Waals surface area contributed by atoms with Gasteiger partial charge in [0.2, 0.25) is 0 Å². The lowest BCUT2D eigenvalue weighted by molar-refractivity contribution is 0.520. The zero-order chi connectivity index (χ0) is 10.2. The minimum absolute atomic E-state index is 0.0538. The van der Waals surface area contributed by atoms with Crippen LogP contribution in [0.2, 0.25) is 0 Å². The molecule has 1 aliphatic rings. The fourth-order valence-electron chi connectivity index (χ4n) is 1.37. The maximum absolute atomic E-state index is 5.68. The van der Waals surface area contributed by atoms with E-state index in [1.807, 2.05) is 10.9 Å². The van der Waals surface area contributed by atoms with Crippen LogP contribution in [0.15, 0.2) is 6.20 Å². The number of nitrogens with two attached hydrogens (primary N) is 1. The van der Waals surface area contributed by atoms with Crippen LogP contribution in [0.3, 0.4) is 0 Å². The molecule has 0 unspecified atom stereocenters. The quantitative estimate of drug-likeness (QED) is 0.775. The van der Waals surface area contributed by atoms with Crippen LogP contribution in [0.25, 0.3) is 0 Å². The Kier molecular flexibility index (Phi) is 2.31. The summed E-state index contributed by atoms with van der Waals surface area (Å²) in [5, 5.41) is 8.29. The first kappa shape index (κ1) is 9.65. The van der Waals surface area contributed by atoms with Crippen molar-refractivity contribution in [3.63, 3.8) is 0 Å². The fraction of sp³-hybridized carbons (Fsp3) is 0.800. The van der Waals surface area contributed by atoms with E-state index in [0.29, 0.717) is 6.54 Å². The average Bonchev–Trinajstić information content (AvgIpc) is 2.81. The van der Waals surface area contributed by atoms with E-state index in [1.54, 1.807) is 0 Å². The van der Waals surface area contributed by atoms with Gasteiger partial charge in [0, 0.05) is 24.7 Å². The molecule has 14 heavy (non-hydrogen) atoms. The number of rotatable bonds is 4. The van der Waals surface area contributed by atoms with Gasteiger partial charge in [0.25, 0.3) is 0 Å². The van der Waals surface area contributed by atoms with E-state index in [-0.39, 0.29) is 5.41 Å². The molecule has 0 amide bonds. The van der Waals surface area contributed by atoms with Gasteiger partial charge in [-0.05, 0) is 18.8 Å². The highest BCUT2D eigenvalue weighted by atomic mass is 15.4. The highest BCUT2D eigenvalue weighted by molar-refractivity contribution is 5.09. The van der Waals surface area contributed by atoms with Crippen LogP contribution in [-0.2, 0) is 12.0 Å². The summed E-state index contributed by atoms with van der Waals surface area (Å²) in [5.74, 6) is 0.838. The van der Waals surface area contributed by atoms with Gasteiger partial charge in [0.05, 0.1) is 5.69 Å². The van der Waals surface area contributed by atoms with E-state index in [0.717, 1.165) is 18.2 Å². The second-order valence-electron chi connectivity index (χ2n) is 4.86. The van der Waals surface area contributed by atoms with Crippen LogP contribution in [0.4, 0.5) is 0 Å². The maximum Gasteiger partial charge on any atom is 0.0895 e. The molecule has 0 aliphatic heterocycles. The van der Waals surface area contributed by atoms with Crippen molar-refractivity contribution in [2.45, 2.75) is 38.6 Å². The van der Waals surface area contributed by atoms with Crippen molar-refractivity contribution in [1.82, 2.24) is 15.0 Å². The molecule has 4 heteroatoms. The number of hydrogen-bond donors (Lipinski definition) is 1. The van der Waals surface area contributed by atoms with Crippen molar-refractivity contribution in [3.8, 4) is 0 Å². The minimum atomic E-state index is -0.0538. The zero-order valence-corrected chi connectivity index (χ0v) is 8.90. The largest absolute Gasteiger partial charge is 0.330 e. The maximum atomic E-state index is 5.68. The molecule has 2 rings (SSSR count). The van der Waals surface area contributed by atoms with Crippen LogP contribution < -0.4 is 5.73 Å². The molecule has 0 radical (unpaired) electrons. The van der Waals surface area contributed by atoms with Crippen molar-refractivity contribution in [1.29, 1.82) is 0 Å². The van der Waals surface area contributed by atoms with Crippen molar-refractivity contribution in [2.24, 2.45) is 11.7 Å². The van der Waals surface area contributed by atoms with E-state index in [1.165, 1.54) is 12.8 Å². The van der Waals surface area contributed by atoms with Crippen molar-refractivity contribution in [2.75, 3.05) is 6.54 Å². The van der Waals surface area contributed by atoms with Gasteiger partial charge < -0.3 is 5.73 Å². The van der Waals surface area contributed by atoms with Crippen LogP contribution >= 0.6 is 0 Å². The molecule has 0 saturated heterocycles. The molecular weight excluding hydrogens is 176 g/mol. The van der Waals surface area contributed by atoms with Crippen LogP contribution in [-0.4, -0.2) is 21.5 Å². The molecule has 2 N–H and O–H groups in total. The zero-order valence-electron chi connectivity index (χ0n) is 8.90. The first-order chi connectivity index (χ1) is 6.62. The molecule has 1 aromatic heterocycles. The highest BCUT2D eigenvalue weighted by Crippen LogP contribution is 2.30. The van der Waals surface area contributed by atoms with E-state index >= 15 is 0 Å². The van der Waals surface area contributed by atoms with E-state index in [9.17, 15) is 0 Å². The third-order valence-corrected chi connectivity index (χ3v) is 2.88. The van der Waals surface area contributed by atoms with Gasteiger partial charge >= 0.3 is 0 Å². The third-order valence-electron chi connectivity index (χ3n) is 2.88. The van der Waals surface area contributed by atoms with Crippen molar-refractivity contribution < 1.29 is 0 Å². The number of aromatic nitrogens is 3. The Morgan fingerprint density at radius 3 is 2.86 bits per heavy atom. The smallest absolute Gasteiger partial charge is 0.0895 e. The molecule has 0 aromatic carbocycles. The van der Waals surface area contributed by atoms with E-state index < -0.39 is 0 Å². The molecule has 1 heterocycles. The average molecular weight is 194 g/mol. The molecule has 1 aromatic rings. The molecule has 0 spiro atoms. The van der Waals surface area contributed by atoms with E-state index in [4.69, 9.17) is 5.73 Å². The summed E-state index contributed by atoms with van der Waals surface area (Å²) in [6.45, 7) is 5.82. The first-order valence-electron chi connectivity index (χ1n) is 5.22. The number of hydrogen-bond acceptors (Lipinski definition) is 3. The van der Waals surface area contributed by atoms with Gasteiger partial charge in [-0.3, -0.25) is 4.68 Å². The Labute approximate surface area is 84.5 Å². The Morgan fingerprint density at radius 2 is 2.29 bits per heavy atom. The second-order valence-corrected chi connectivity index (χ2v) is 4.86. The molecule has 1 aliphatic carbocycles. The highest BCUT2D eigenvalue weighted by Gasteiger charge is 2.25. The van der Waals surface area contributed by atoms with Crippen LogP contribution in [0, 0.1) is 5.92 Å². The lowest BCUT2D eigenvalue weighted by Gasteiger charge is -2.18. The summed E-state index contributed by atoms with van der Waals surface area (Å²) in [4.78, 5) is 0. The summed E-state index contributed by atoms with van der Waals surface area (Å²) in [6, 6.07) is 0. The third kappa shape index (κ3) is 1.95. The number of nitrogens with zero attached hydrogens (tertiary/aromatic N) is 3. The Bertz CT molecular complexity index is 312. The Balaban J connectivity index is 2.07. The molecule has 0 atom stereocenters. The van der Waals surface area contributed by atoms with Crippen molar-refractivity contribution in [3.05, 3.63) is 11.9 Å². The van der Waals surface area contributed by atoms with E-state index in [2.05, 4.69) is 24.2 Å². The normalized spacial score (nSPS) is 17.4.